The van der Waals surface area contributed by atoms with E-state index in [1.54, 1.807) is 24.5 Å². The number of pyridine rings is 2. The van der Waals surface area contributed by atoms with Crippen molar-refractivity contribution >= 4 is 89.8 Å². The summed E-state index contributed by atoms with van der Waals surface area (Å²) in [5.41, 5.74) is 1.51. The van der Waals surface area contributed by atoms with Crippen LogP contribution in [0.3, 0.4) is 0 Å². The Morgan fingerprint density at radius 3 is 1.46 bits per heavy atom. The van der Waals surface area contributed by atoms with E-state index in [4.69, 9.17) is 46.4 Å². The van der Waals surface area contributed by atoms with Gasteiger partial charge in [0.15, 0.2) is 0 Å². The molecule has 0 radical (unpaired) electrons. The van der Waals surface area contributed by atoms with Crippen LogP contribution < -0.4 is 0 Å². The monoisotopic (exact) mass is 456 g/mol. The number of fused-ring (bicyclic) bond motifs is 2. The summed E-state index contributed by atoms with van der Waals surface area (Å²) in [4.78, 5) is 10.5. The molecule has 4 rings (SSSR count). The zero-order valence-corrected chi connectivity index (χ0v) is 17.5. The molecule has 0 aliphatic rings. The highest BCUT2D eigenvalue weighted by molar-refractivity contribution is 8.76. The van der Waals surface area contributed by atoms with Crippen LogP contribution in [0.5, 0.6) is 0 Å². The predicted octanol–water partition coefficient (Wildman–Crippen LogP) is 8.20. The van der Waals surface area contributed by atoms with Gasteiger partial charge in [-0.2, -0.15) is 0 Å². The number of benzene rings is 2. The van der Waals surface area contributed by atoms with Gasteiger partial charge in [0.05, 0.1) is 40.9 Å². The fourth-order valence-corrected chi connectivity index (χ4v) is 6.51. The summed E-state index contributed by atoms with van der Waals surface area (Å²) >= 11 is 25.4. The molecule has 130 valence electrons. The standard InChI is InChI=1S/C18H8Cl4N2S2/c19-11-7-13(21)17(15-9(11)3-1-5-23-15)25-26-18-14(22)8-12(20)10-4-2-6-24-16(10)18/h1-8H. The second-order valence-corrected chi connectivity index (χ2v) is 9.08. The van der Waals surface area contributed by atoms with E-state index in [1.807, 2.05) is 24.3 Å². The molecule has 0 atom stereocenters. The molecule has 2 aromatic carbocycles. The quantitative estimate of drug-likeness (QED) is 0.289. The Labute approximate surface area is 177 Å². The van der Waals surface area contributed by atoms with E-state index in [9.17, 15) is 0 Å². The molecule has 0 spiro atoms. The lowest BCUT2D eigenvalue weighted by atomic mass is 10.2. The van der Waals surface area contributed by atoms with Crippen molar-refractivity contribution in [3.8, 4) is 0 Å². The van der Waals surface area contributed by atoms with Crippen LogP contribution in [0.2, 0.25) is 20.1 Å². The molecule has 0 aliphatic carbocycles. The maximum Gasteiger partial charge on any atom is 0.0876 e. The van der Waals surface area contributed by atoms with Crippen molar-refractivity contribution in [2.75, 3.05) is 0 Å². The van der Waals surface area contributed by atoms with E-state index in [0.717, 1.165) is 31.6 Å². The van der Waals surface area contributed by atoms with E-state index in [1.165, 1.54) is 21.6 Å². The van der Waals surface area contributed by atoms with Crippen molar-refractivity contribution < 1.29 is 0 Å². The summed E-state index contributed by atoms with van der Waals surface area (Å²) in [5.74, 6) is 0. The molecule has 0 saturated carbocycles. The van der Waals surface area contributed by atoms with Gasteiger partial charge in [0.1, 0.15) is 0 Å². The van der Waals surface area contributed by atoms with Gasteiger partial charge in [-0.1, -0.05) is 46.4 Å². The van der Waals surface area contributed by atoms with Crippen LogP contribution in [0.25, 0.3) is 21.8 Å². The highest BCUT2D eigenvalue weighted by Gasteiger charge is 2.16. The van der Waals surface area contributed by atoms with Crippen LogP contribution >= 0.6 is 68.0 Å². The predicted molar refractivity (Wildman–Crippen MR) is 115 cm³/mol. The minimum atomic E-state index is 0.543. The molecule has 2 heterocycles. The molecule has 26 heavy (non-hydrogen) atoms. The number of hydrogen-bond acceptors (Lipinski definition) is 4. The third kappa shape index (κ3) is 3.35. The van der Waals surface area contributed by atoms with Crippen LogP contribution in [0.15, 0.2) is 58.6 Å². The van der Waals surface area contributed by atoms with Crippen LogP contribution in [-0.2, 0) is 0 Å². The smallest absolute Gasteiger partial charge is 0.0876 e. The summed E-state index contributed by atoms with van der Waals surface area (Å²) in [6.45, 7) is 0. The minimum Gasteiger partial charge on any atom is -0.255 e. The SMILES string of the molecule is Clc1cc(Cl)c2cccnc2c1SSc1c(Cl)cc(Cl)c2cccnc12. The first kappa shape index (κ1) is 18.5. The molecule has 0 saturated heterocycles. The lowest BCUT2D eigenvalue weighted by molar-refractivity contribution is 1.35. The van der Waals surface area contributed by atoms with E-state index in [-0.39, 0.29) is 0 Å². The maximum atomic E-state index is 6.43. The lowest BCUT2D eigenvalue weighted by Crippen LogP contribution is -1.86. The van der Waals surface area contributed by atoms with Crippen molar-refractivity contribution in [3.05, 3.63) is 68.9 Å². The highest BCUT2D eigenvalue weighted by atomic mass is 35.5. The molecule has 8 heteroatoms. The summed E-state index contributed by atoms with van der Waals surface area (Å²) in [7, 11) is 2.94. The van der Waals surface area contributed by atoms with Crippen molar-refractivity contribution in [2.45, 2.75) is 9.79 Å². The van der Waals surface area contributed by atoms with Gasteiger partial charge in [0, 0.05) is 23.2 Å². The molecule has 0 amide bonds. The van der Waals surface area contributed by atoms with Crippen molar-refractivity contribution in [1.29, 1.82) is 0 Å². The summed E-state index contributed by atoms with van der Waals surface area (Å²) in [6, 6.07) is 11.0. The van der Waals surface area contributed by atoms with Crippen LogP contribution in [-0.4, -0.2) is 9.97 Å². The summed E-state index contributed by atoms with van der Waals surface area (Å²) in [6.07, 6.45) is 3.44. The summed E-state index contributed by atoms with van der Waals surface area (Å²) in [5, 5.41) is 3.94. The fourth-order valence-electron chi connectivity index (χ4n) is 2.54. The Balaban J connectivity index is 1.80. The Morgan fingerprint density at radius 2 is 1.04 bits per heavy atom. The van der Waals surface area contributed by atoms with Crippen molar-refractivity contribution in [2.24, 2.45) is 0 Å². The second kappa shape index (κ2) is 7.63. The first-order valence-electron chi connectivity index (χ1n) is 7.36. The average molecular weight is 458 g/mol. The largest absolute Gasteiger partial charge is 0.255 e. The van der Waals surface area contributed by atoms with Gasteiger partial charge >= 0.3 is 0 Å². The van der Waals surface area contributed by atoms with Gasteiger partial charge in [-0.15, -0.1) is 0 Å². The third-order valence-electron chi connectivity index (χ3n) is 3.71. The van der Waals surface area contributed by atoms with E-state index in [0.29, 0.717) is 20.1 Å². The maximum absolute atomic E-state index is 6.43. The van der Waals surface area contributed by atoms with Gasteiger partial charge < -0.3 is 0 Å². The Bertz CT molecular complexity index is 1060. The number of hydrogen-bond donors (Lipinski definition) is 0. The molecule has 0 aliphatic heterocycles. The van der Waals surface area contributed by atoms with Crippen LogP contribution in [0, 0.1) is 0 Å². The average Bonchev–Trinajstić information content (AvgIpc) is 2.64. The molecule has 2 nitrogen and oxygen atoms in total. The number of aromatic nitrogens is 2. The summed E-state index contributed by atoms with van der Waals surface area (Å²) < 4.78 is 0. The molecule has 0 fully saturated rings. The number of rotatable bonds is 3. The van der Waals surface area contributed by atoms with Gasteiger partial charge in [0.25, 0.3) is 0 Å². The van der Waals surface area contributed by atoms with Crippen LogP contribution in [0.4, 0.5) is 0 Å². The third-order valence-corrected chi connectivity index (χ3v) is 7.65. The zero-order chi connectivity index (χ0) is 18.3. The number of nitrogens with zero attached hydrogens (tertiary/aromatic N) is 2. The first-order chi connectivity index (χ1) is 12.6. The molecule has 0 unspecified atom stereocenters. The van der Waals surface area contributed by atoms with Gasteiger partial charge in [-0.3, -0.25) is 9.97 Å². The topological polar surface area (TPSA) is 25.8 Å². The zero-order valence-electron chi connectivity index (χ0n) is 12.8. The van der Waals surface area contributed by atoms with E-state index in [2.05, 4.69) is 9.97 Å². The molecular formula is C18H8Cl4N2S2. The lowest BCUT2D eigenvalue weighted by Gasteiger charge is -2.11. The molecule has 0 bridgehead atoms. The van der Waals surface area contributed by atoms with Crippen LogP contribution in [0.1, 0.15) is 0 Å². The fraction of sp³-hybridized carbons (Fsp3) is 0. The first-order valence-corrected chi connectivity index (χ1v) is 11.0. The molecule has 2 aromatic heterocycles. The highest BCUT2D eigenvalue weighted by Crippen LogP contribution is 2.49. The van der Waals surface area contributed by atoms with Gasteiger partial charge in [-0.05, 0) is 58.0 Å². The Hall–Kier alpha value is -0.880. The molecular weight excluding hydrogens is 450 g/mol. The van der Waals surface area contributed by atoms with Crippen molar-refractivity contribution in [1.82, 2.24) is 9.97 Å². The van der Waals surface area contributed by atoms with E-state index >= 15 is 0 Å². The second-order valence-electron chi connectivity index (χ2n) is 5.30. The Kier molecular flexibility index (Phi) is 5.42. The Morgan fingerprint density at radius 1 is 0.615 bits per heavy atom. The number of halogens is 4. The molecule has 4 aromatic rings. The normalized spacial score (nSPS) is 11.4. The minimum absolute atomic E-state index is 0.543. The molecule has 0 N–H and O–H groups in total. The van der Waals surface area contributed by atoms with E-state index < -0.39 is 0 Å². The van der Waals surface area contributed by atoms with Gasteiger partial charge in [0.2, 0.25) is 0 Å². The van der Waals surface area contributed by atoms with Crippen molar-refractivity contribution in [3.63, 3.8) is 0 Å². The van der Waals surface area contributed by atoms with Gasteiger partial charge in [-0.25, -0.2) is 0 Å².